The van der Waals surface area contributed by atoms with Crippen LogP contribution in [0.15, 0.2) is 54.6 Å². The molecular weight excluding hydrogens is 254 g/mol. The number of carbonyl (C=O) groups excluding carboxylic acids is 2. The van der Waals surface area contributed by atoms with E-state index >= 15 is 0 Å². The van der Waals surface area contributed by atoms with Crippen LogP contribution in [-0.2, 0) is 9.59 Å². The number of nitrogens with two attached hydrogens (primary N) is 1. The molecule has 4 nitrogen and oxygen atoms in total. The van der Waals surface area contributed by atoms with Crippen molar-refractivity contribution in [1.82, 2.24) is 0 Å². The SMILES string of the molecule is NC(C(=O)C(C=O)c1ccc(O)cc1)c1ccccc1. The van der Waals surface area contributed by atoms with Gasteiger partial charge in [-0.05, 0) is 23.3 Å². The van der Waals surface area contributed by atoms with Gasteiger partial charge in [0.1, 0.15) is 18.0 Å². The molecular formula is C16H15NO3. The predicted octanol–water partition coefficient (Wildman–Crippen LogP) is 1.94. The first kappa shape index (κ1) is 14.0. The highest BCUT2D eigenvalue weighted by atomic mass is 16.3. The van der Waals surface area contributed by atoms with Crippen LogP contribution in [-0.4, -0.2) is 17.2 Å². The van der Waals surface area contributed by atoms with Crippen molar-refractivity contribution in [3.8, 4) is 5.75 Å². The topological polar surface area (TPSA) is 80.4 Å². The Hall–Kier alpha value is -2.46. The van der Waals surface area contributed by atoms with Gasteiger partial charge in [0.05, 0.1) is 6.04 Å². The van der Waals surface area contributed by atoms with Gasteiger partial charge in [0, 0.05) is 0 Å². The summed E-state index contributed by atoms with van der Waals surface area (Å²) < 4.78 is 0. The van der Waals surface area contributed by atoms with Crippen molar-refractivity contribution in [1.29, 1.82) is 0 Å². The highest BCUT2D eigenvalue weighted by Gasteiger charge is 2.26. The summed E-state index contributed by atoms with van der Waals surface area (Å²) in [5, 5.41) is 9.24. The first-order chi connectivity index (χ1) is 9.63. The van der Waals surface area contributed by atoms with Crippen LogP contribution in [0, 0.1) is 0 Å². The van der Waals surface area contributed by atoms with Crippen LogP contribution in [0.3, 0.4) is 0 Å². The van der Waals surface area contributed by atoms with E-state index in [4.69, 9.17) is 5.73 Å². The van der Waals surface area contributed by atoms with Crippen LogP contribution in [0.4, 0.5) is 0 Å². The molecule has 0 saturated heterocycles. The van der Waals surface area contributed by atoms with E-state index in [2.05, 4.69) is 0 Å². The van der Waals surface area contributed by atoms with Crippen molar-refractivity contribution >= 4 is 12.1 Å². The molecule has 0 aliphatic heterocycles. The van der Waals surface area contributed by atoms with E-state index in [1.54, 1.807) is 36.4 Å². The molecule has 2 rings (SSSR count). The number of aldehydes is 1. The Kier molecular flexibility index (Phi) is 4.27. The fourth-order valence-corrected chi connectivity index (χ4v) is 2.01. The predicted molar refractivity (Wildman–Crippen MR) is 75.3 cm³/mol. The number of ketones is 1. The summed E-state index contributed by atoms with van der Waals surface area (Å²) >= 11 is 0. The first-order valence-electron chi connectivity index (χ1n) is 6.22. The molecule has 4 heteroatoms. The second-order valence-corrected chi connectivity index (χ2v) is 4.50. The van der Waals surface area contributed by atoms with Gasteiger partial charge in [-0.3, -0.25) is 4.79 Å². The van der Waals surface area contributed by atoms with Gasteiger partial charge in [0.2, 0.25) is 0 Å². The lowest BCUT2D eigenvalue weighted by Crippen LogP contribution is -2.27. The smallest absolute Gasteiger partial charge is 0.168 e. The summed E-state index contributed by atoms with van der Waals surface area (Å²) in [5.41, 5.74) is 7.12. The van der Waals surface area contributed by atoms with Crippen molar-refractivity contribution in [3.05, 3.63) is 65.7 Å². The van der Waals surface area contributed by atoms with Crippen molar-refractivity contribution in [2.45, 2.75) is 12.0 Å². The minimum absolute atomic E-state index is 0.0817. The molecule has 2 atom stereocenters. The first-order valence-corrected chi connectivity index (χ1v) is 6.22. The second-order valence-electron chi connectivity index (χ2n) is 4.50. The Morgan fingerprint density at radius 3 is 2.15 bits per heavy atom. The van der Waals surface area contributed by atoms with Crippen molar-refractivity contribution in [2.24, 2.45) is 5.73 Å². The lowest BCUT2D eigenvalue weighted by atomic mass is 9.89. The fourth-order valence-electron chi connectivity index (χ4n) is 2.01. The van der Waals surface area contributed by atoms with Gasteiger partial charge in [-0.2, -0.15) is 0 Å². The van der Waals surface area contributed by atoms with Crippen LogP contribution >= 0.6 is 0 Å². The molecule has 20 heavy (non-hydrogen) atoms. The Labute approximate surface area is 116 Å². The highest BCUT2D eigenvalue weighted by Crippen LogP contribution is 2.23. The molecule has 0 spiro atoms. The maximum atomic E-state index is 12.3. The summed E-state index contributed by atoms with van der Waals surface area (Å²) in [5.74, 6) is -1.21. The van der Waals surface area contributed by atoms with Gasteiger partial charge in [0.15, 0.2) is 5.78 Å². The van der Waals surface area contributed by atoms with Crippen LogP contribution in [0.2, 0.25) is 0 Å². The quantitative estimate of drug-likeness (QED) is 0.642. The minimum atomic E-state index is -0.925. The number of phenols is 1. The molecule has 0 amide bonds. The number of Topliss-reactive ketones (excluding diaryl/α,β-unsaturated/α-hetero) is 1. The van der Waals surface area contributed by atoms with Gasteiger partial charge >= 0.3 is 0 Å². The number of benzene rings is 2. The molecule has 0 aromatic heterocycles. The molecule has 0 heterocycles. The van der Waals surface area contributed by atoms with E-state index in [-0.39, 0.29) is 11.5 Å². The Morgan fingerprint density at radius 1 is 1.00 bits per heavy atom. The van der Waals surface area contributed by atoms with Crippen LogP contribution in [0.5, 0.6) is 5.75 Å². The second kappa shape index (κ2) is 6.12. The molecule has 0 radical (unpaired) electrons. The van der Waals surface area contributed by atoms with E-state index in [0.717, 1.165) is 0 Å². The molecule has 0 aliphatic carbocycles. The summed E-state index contributed by atoms with van der Waals surface area (Å²) in [6.07, 6.45) is 0.581. The van der Waals surface area contributed by atoms with E-state index in [1.807, 2.05) is 6.07 Å². The van der Waals surface area contributed by atoms with E-state index in [1.165, 1.54) is 12.1 Å². The molecule has 0 saturated carbocycles. The van der Waals surface area contributed by atoms with Gasteiger partial charge in [-0.1, -0.05) is 42.5 Å². The van der Waals surface area contributed by atoms with Crippen molar-refractivity contribution < 1.29 is 14.7 Å². The zero-order valence-corrected chi connectivity index (χ0v) is 10.8. The minimum Gasteiger partial charge on any atom is -0.508 e. The third-order valence-corrected chi connectivity index (χ3v) is 3.16. The van der Waals surface area contributed by atoms with Crippen LogP contribution < -0.4 is 5.73 Å². The van der Waals surface area contributed by atoms with Crippen molar-refractivity contribution in [3.63, 3.8) is 0 Å². The Bertz CT molecular complexity index is 593. The fraction of sp³-hybridized carbons (Fsp3) is 0.125. The van der Waals surface area contributed by atoms with Crippen LogP contribution in [0.1, 0.15) is 23.1 Å². The number of carbonyl (C=O) groups is 2. The normalized spacial score (nSPS) is 13.4. The maximum absolute atomic E-state index is 12.3. The molecule has 2 unspecified atom stereocenters. The number of aromatic hydroxyl groups is 1. The zero-order valence-electron chi connectivity index (χ0n) is 10.8. The lowest BCUT2D eigenvalue weighted by molar-refractivity contribution is -0.125. The maximum Gasteiger partial charge on any atom is 0.168 e. The van der Waals surface area contributed by atoms with Gasteiger partial charge in [0.25, 0.3) is 0 Å². The number of rotatable bonds is 5. The van der Waals surface area contributed by atoms with Gasteiger partial charge in [-0.25, -0.2) is 0 Å². The van der Waals surface area contributed by atoms with Crippen molar-refractivity contribution in [2.75, 3.05) is 0 Å². The Morgan fingerprint density at radius 2 is 1.60 bits per heavy atom. The van der Waals surface area contributed by atoms with Gasteiger partial charge in [-0.15, -0.1) is 0 Å². The summed E-state index contributed by atoms with van der Waals surface area (Å²) in [7, 11) is 0. The molecule has 0 fully saturated rings. The lowest BCUT2D eigenvalue weighted by Gasteiger charge is -2.16. The molecule has 3 N–H and O–H groups in total. The summed E-state index contributed by atoms with van der Waals surface area (Å²) in [6, 6.07) is 14.0. The molecule has 0 aliphatic rings. The zero-order chi connectivity index (χ0) is 14.5. The number of hydrogen-bond donors (Lipinski definition) is 2. The molecule has 0 bridgehead atoms. The molecule has 102 valence electrons. The highest BCUT2D eigenvalue weighted by molar-refractivity contribution is 6.02. The standard InChI is InChI=1S/C16H15NO3/c17-15(12-4-2-1-3-5-12)16(20)14(10-18)11-6-8-13(19)9-7-11/h1-10,14-15,19H,17H2. The Balaban J connectivity index is 2.25. The third-order valence-electron chi connectivity index (χ3n) is 3.16. The summed E-state index contributed by atoms with van der Waals surface area (Å²) in [6.45, 7) is 0. The average molecular weight is 269 g/mol. The number of hydrogen-bond acceptors (Lipinski definition) is 4. The monoisotopic (exact) mass is 269 g/mol. The van der Waals surface area contributed by atoms with E-state index in [9.17, 15) is 14.7 Å². The van der Waals surface area contributed by atoms with E-state index in [0.29, 0.717) is 17.4 Å². The molecule has 2 aromatic rings. The number of phenolic OH excluding ortho intramolecular Hbond substituents is 1. The summed E-state index contributed by atoms with van der Waals surface area (Å²) in [4.78, 5) is 23.6. The van der Waals surface area contributed by atoms with Crippen LogP contribution in [0.25, 0.3) is 0 Å². The molecule has 2 aromatic carbocycles. The largest absolute Gasteiger partial charge is 0.508 e. The van der Waals surface area contributed by atoms with Gasteiger partial charge < -0.3 is 15.6 Å². The third kappa shape index (κ3) is 2.92. The average Bonchev–Trinajstić information content (AvgIpc) is 2.50. The van der Waals surface area contributed by atoms with E-state index < -0.39 is 12.0 Å².